The number of carbonyl (C=O) groups is 3. The summed E-state index contributed by atoms with van der Waals surface area (Å²) < 4.78 is 10.6. The first-order valence-electron chi connectivity index (χ1n) is 9.73. The van der Waals surface area contributed by atoms with Crippen molar-refractivity contribution in [2.24, 2.45) is 0 Å². The number of esters is 1. The molecule has 6 nitrogen and oxygen atoms in total. The highest BCUT2D eigenvalue weighted by molar-refractivity contribution is 6.31. The zero-order chi connectivity index (χ0) is 21.9. The van der Waals surface area contributed by atoms with Crippen LogP contribution in [0.1, 0.15) is 30.9 Å². The number of hydrogen-bond acceptors (Lipinski definition) is 5. The van der Waals surface area contributed by atoms with Crippen molar-refractivity contribution in [1.29, 1.82) is 0 Å². The van der Waals surface area contributed by atoms with Gasteiger partial charge in [0.05, 0.1) is 12.6 Å². The van der Waals surface area contributed by atoms with Crippen molar-refractivity contribution in [3.63, 3.8) is 0 Å². The van der Waals surface area contributed by atoms with Crippen LogP contribution in [-0.2, 0) is 25.5 Å². The third kappa shape index (κ3) is 8.25. The Balaban J connectivity index is 1.67. The van der Waals surface area contributed by atoms with E-state index in [4.69, 9.17) is 21.1 Å². The van der Waals surface area contributed by atoms with Gasteiger partial charge in [-0.2, -0.15) is 0 Å². The van der Waals surface area contributed by atoms with Gasteiger partial charge in [0, 0.05) is 11.4 Å². The summed E-state index contributed by atoms with van der Waals surface area (Å²) in [6, 6.07) is 14.1. The Morgan fingerprint density at radius 3 is 2.50 bits per heavy atom. The van der Waals surface area contributed by atoms with Gasteiger partial charge in [0.1, 0.15) is 5.75 Å². The molecular formula is C23H26ClNO5. The fourth-order valence-corrected chi connectivity index (χ4v) is 2.83. The Kier molecular flexibility index (Phi) is 9.35. The molecule has 30 heavy (non-hydrogen) atoms. The van der Waals surface area contributed by atoms with Gasteiger partial charge in [0.15, 0.2) is 12.4 Å². The van der Waals surface area contributed by atoms with Crippen LogP contribution in [0.4, 0.5) is 0 Å². The summed E-state index contributed by atoms with van der Waals surface area (Å²) >= 11 is 5.96. The van der Waals surface area contributed by atoms with Gasteiger partial charge in [0.2, 0.25) is 0 Å². The van der Waals surface area contributed by atoms with E-state index in [0.29, 0.717) is 30.2 Å². The normalized spacial score (nSPS) is 11.4. The lowest BCUT2D eigenvalue weighted by molar-refractivity contribution is -0.149. The van der Waals surface area contributed by atoms with Gasteiger partial charge in [-0.3, -0.25) is 14.4 Å². The van der Waals surface area contributed by atoms with Gasteiger partial charge in [0.25, 0.3) is 5.91 Å². The summed E-state index contributed by atoms with van der Waals surface area (Å²) in [4.78, 5) is 35.7. The number of Topliss-reactive ketones (excluding diaryl/α,β-unsaturated/α-hetero) is 1. The van der Waals surface area contributed by atoms with Crippen molar-refractivity contribution in [3.8, 4) is 5.75 Å². The molecule has 0 radical (unpaired) electrons. The van der Waals surface area contributed by atoms with E-state index in [-0.39, 0.29) is 12.2 Å². The highest BCUT2D eigenvalue weighted by atomic mass is 35.5. The minimum absolute atomic E-state index is 0.125. The van der Waals surface area contributed by atoms with Crippen molar-refractivity contribution in [3.05, 3.63) is 64.7 Å². The fraction of sp³-hybridized carbons (Fsp3) is 0.348. The zero-order valence-electron chi connectivity index (χ0n) is 17.2. The molecule has 0 saturated heterocycles. The average Bonchev–Trinajstić information content (AvgIpc) is 2.72. The minimum atomic E-state index is -0.658. The van der Waals surface area contributed by atoms with Crippen LogP contribution in [0.5, 0.6) is 5.75 Å². The molecule has 2 rings (SSSR count). The van der Waals surface area contributed by atoms with Gasteiger partial charge < -0.3 is 14.8 Å². The van der Waals surface area contributed by atoms with Gasteiger partial charge in [-0.25, -0.2) is 0 Å². The molecule has 1 unspecified atom stereocenters. The summed E-state index contributed by atoms with van der Waals surface area (Å²) in [6.45, 7) is 3.22. The number of rotatable bonds is 11. The van der Waals surface area contributed by atoms with Crippen LogP contribution in [0.2, 0.25) is 5.02 Å². The van der Waals surface area contributed by atoms with Crippen LogP contribution in [0, 0.1) is 6.92 Å². The highest BCUT2D eigenvalue weighted by Crippen LogP contribution is 2.21. The third-order valence-electron chi connectivity index (χ3n) is 4.40. The van der Waals surface area contributed by atoms with Crippen LogP contribution >= 0.6 is 11.6 Å². The predicted molar refractivity (Wildman–Crippen MR) is 115 cm³/mol. The van der Waals surface area contributed by atoms with E-state index < -0.39 is 24.5 Å². The van der Waals surface area contributed by atoms with Crippen LogP contribution in [-0.4, -0.2) is 36.9 Å². The number of nitrogens with one attached hydrogen (secondary N) is 1. The van der Waals surface area contributed by atoms with Crippen LogP contribution in [0.25, 0.3) is 0 Å². The molecule has 0 heterocycles. The van der Waals surface area contributed by atoms with E-state index in [2.05, 4.69) is 5.32 Å². The topological polar surface area (TPSA) is 81.7 Å². The minimum Gasteiger partial charge on any atom is -0.494 e. The number of carbonyl (C=O) groups excluding carboxylic acids is 3. The number of amides is 1. The summed E-state index contributed by atoms with van der Waals surface area (Å²) in [5.41, 5.74) is 1.85. The number of benzene rings is 2. The average molecular weight is 432 g/mol. The first kappa shape index (κ1) is 23.4. The Morgan fingerprint density at radius 2 is 1.83 bits per heavy atom. The lowest BCUT2D eigenvalue weighted by Gasteiger charge is -2.16. The van der Waals surface area contributed by atoms with Gasteiger partial charge in [-0.1, -0.05) is 41.9 Å². The maximum atomic E-state index is 12.1. The van der Waals surface area contributed by atoms with E-state index in [1.54, 1.807) is 12.1 Å². The van der Waals surface area contributed by atoms with Crippen LogP contribution < -0.4 is 10.1 Å². The Labute approximate surface area is 181 Å². The van der Waals surface area contributed by atoms with Crippen molar-refractivity contribution in [1.82, 2.24) is 5.32 Å². The maximum Gasteiger partial charge on any atom is 0.306 e. The molecule has 1 atom stereocenters. The fourth-order valence-electron chi connectivity index (χ4n) is 2.71. The van der Waals surface area contributed by atoms with Crippen molar-refractivity contribution in [2.45, 2.75) is 39.2 Å². The van der Waals surface area contributed by atoms with Crippen molar-refractivity contribution >= 4 is 29.3 Å². The molecule has 7 heteroatoms. The molecule has 0 fully saturated rings. The van der Waals surface area contributed by atoms with E-state index in [9.17, 15) is 14.4 Å². The molecule has 0 spiro atoms. The number of hydrogen-bond donors (Lipinski definition) is 1. The first-order chi connectivity index (χ1) is 14.3. The summed E-state index contributed by atoms with van der Waals surface area (Å²) in [7, 11) is 0. The summed E-state index contributed by atoms with van der Waals surface area (Å²) in [5.74, 6) is -0.484. The number of ether oxygens (including phenoxy) is 2. The molecule has 0 aliphatic rings. The van der Waals surface area contributed by atoms with E-state index in [1.165, 1.54) is 6.92 Å². The number of halogens is 1. The third-order valence-corrected chi connectivity index (χ3v) is 4.82. The summed E-state index contributed by atoms with van der Waals surface area (Å²) in [5, 5.41) is 3.28. The van der Waals surface area contributed by atoms with Crippen molar-refractivity contribution < 1.29 is 23.9 Å². The van der Waals surface area contributed by atoms with Crippen molar-refractivity contribution in [2.75, 3.05) is 13.2 Å². The monoisotopic (exact) mass is 431 g/mol. The van der Waals surface area contributed by atoms with Crippen LogP contribution in [0.15, 0.2) is 48.5 Å². The smallest absolute Gasteiger partial charge is 0.306 e. The molecule has 2 aromatic carbocycles. The largest absolute Gasteiger partial charge is 0.494 e. The van der Waals surface area contributed by atoms with Gasteiger partial charge in [-0.05, 0) is 56.0 Å². The molecule has 1 N–H and O–H groups in total. The SMILES string of the molecule is CC(=O)C(Cc1ccccc1)NC(=O)COC(=O)CCCOc1ccc(Cl)c(C)c1. The van der Waals surface area contributed by atoms with Gasteiger partial charge in [-0.15, -0.1) is 0 Å². The predicted octanol–water partition coefficient (Wildman–Crippen LogP) is 3.67. The molecule has 2 aromatic rings. The molecule has 0 saturated carbocycles. The standard InChI is InChI=1S/C23H26ClNO5/c1-16-13-19(10-11-20(16)24)29-12-6-9-23(28)30-15-22(27)25-21(17(2)26)14-18-7-4-3-5-8-18/h3-5,7-8,10-11,13,21H,6,9,12,14-15H2,1-2H3,(H,25,27). The first-order valence-corrected chi connectivity index (χ1v) is 10.1. The molecule has 1 amide bonds. The molecule has 0 aliphatic carbocycles. The second-order valence-corrected chi connectivity index (χ2v) is 7.35. The molecular weight excluding hydrogens is 406 g/mol. The Morgan fingerprint density at radius 1 is 1.10 bits per heavy atom. The molecule has 0 aromatic heterocycles. The van der Waals surface area contributed by atoms with Gasteiger partial charge >= 0.3 is 5.97 Å². The van der Waals surface area contributed by atoms with Crippen LogP contribution in [0.3, 0.4) is 0 Å². The van der Waals surface area contributed by atoms with E-state index >= 15 is 0 Å². The maximum absolute atomic E-state index is 12.1. The lowest BCUT2D eigenvalue weighted by atomic mass is 10.0. The molecule has 160 valence electrons. The number of ketones is 1. The Hall–Kier alpha value is -2.86. The zero-order valence-corrected chi connectivity index (χ0v) is 17.9. The Bertz CT molecular complexity index is 869. The quantitative estimate of drug-likeness (QED) is 0.433. The lowest BCUT2D eigenvalue weighted by Crippen LogP contribution is -2.43. The van der Waals surface area contributed by atoms with E-state index in [0.717, 1.165) is 11.1 Å². The molecule has 0 aliphatic heterocycles. The highest BCUT2D eigenvalue weighted by Gasteiger charge is 2.18. The molecule has 0 bridgehead atoms. The van der Waals surface area contributed by atoms with E-state index in [1.807, 2.05) is 43.3 Å². The number of aryl methyl sites for hydroxylation is 1. The second-order valence-electron chi connectivity index (χ2n) is 6.94. The summed E-state index contributed by atoms with van der Waals surface area (Å²) in [6.07, 6.45) is 0.962. The second kappa shape index (κ2) is 12.0.